The van der Waals surface area contributed by atoms with E-state index < -0.39 is 0 Å². The number of hydrogen-bond acceptors (Lipinski definition) is 4. The highest BCUT2D eigenvalue weighted by atomic mass is 16.5. The second kappa shape index (κ2) is 9.45. The van der Waals surface area contributed by atoms with Crippen LogP contribution in [0.4, 0.5) is 11.4 Å². The first-order valence-electron chi connectivity index (χ1n) is 9.91. The van der Waals surface area contributed by atoms with E-state index in [1.807, 2.05) is 31.2 Å². The molecule has 0 saturated heterocycles. The SMILES string of the molecule is COc1ccc(NC(=O)C2CCC(C(=O)Nc3ccccc3C)CC2)c(OC)c1. The van der Waals surface area contributed by atoms with Crippen molar-refractivity contribution < 1.29 is 19.1 Å². The van der Waals surface area contributed by atoms with Gasteiger partial charge in [0.15, 0.2) is 0 Å². The van der Waals surface area contributed by atoms with Crippen LogP contribution in [0.15, 0.2) is 42.5 Å². The number of hydrogen-bond donors (Lipinski definition) is 2. The number of benzene rings is 2. The molecule has 0 heterocycles. The van der Waals surface area contributed by atoms with Crippen molar-refractivity contribution in [3.8, 4) is 11.5 Å². The lowest BCUT2D eigenvalue weighted by atomic mass is 9.81. The molecule has 29 heavy (non-hydrogen) atoms. The van der Waals surface area contributed by atoms with Gasteiger partial charge in [0.1, 0.15) is 11.5 Å². The standard InChI is InChI=1S/C23H28N2O4/c1-15-6-4-5-7-19(15)24-22(26)16-8-10-17(11-9-16)23(27)25-20-13-12-18(28-2)14-21(20)29-3/h4-7,12-14,16-17H,8-11H2,1-3H3,(H,24,26)(H,25,27). The maximum absolute atomic E-state index is 12.7. The summed E-state index contributed by atoms with van der Waals surface area (Å²) in [4.78, 5) is 25.3. The van der Waals surface area contributed by atoms with E-state index >= 15 is 0 Å². The average molecular weight is 396 g/mol. The molecule has 6 nitrogen and oxygen atoms in total. The van der Waals surface area contributed by atoms with Gasteiger partial charge in [0.2, 0.25) is 11.8 Å². The molecule has 1 fully saturated rings. The first-order chi connectivity index (χ1) is 14.0. The van der Waals surface area contributed by atoms with Crippen molar-refractivity contribution in [2.24, 2.45) is 11.8 Å². The molecule has 0 aromatic heterocycles. The minimum atomic E-state index is -0.107. The molecule has 0 radical (unpaired) electrons. The van der Waals surface area contributed by atoms with Gasteiger partial charge in [-0.05, 0) is 56.4 Å². The second-order valence-corrected chi connectivity index (χ2v) is 7.41. The molecule has 3 rings (SSSR count). The molecular weight excluding hydrogens is 368 g/mol. The van der Waals surface area contributed by atoms with Crippen molar-refractivity contribution in [1.82, 2.24) is 0 Å². The Kier molecular flexibility index (Phi) is 6.75. The Morgan fingerprint density at radius 3 is 1.97 bits per heavy atom. The van der Waals surface area contributed by atoms with Gasteiger partial charge < -0.3 is 20.1 Å². The summed E-state index contributed by atoms with van der Waals surface area (Å²) < 4.78 is 10.5. The summed E-state index contributed by atoms with van der Waals surface area (Å²) in [6.45, 7) is 1.98. The first-order valence-corrected chi connectivity index (χ1v) is 9.91. The van der Waals surface area contributed by atoms with E-state index in [1.165, 1.54) is 0 Å². The third-order valence-electron chi connectivity index (χ3n) is 5.54. The maximum Gasteiger partial charge on any atom is 0.227 e. The largest absolute Gasteiger partial charge is 0.497 e. The molecule has 2 N–H and O–H groups in total. The van der Waals surface area contributed by atoms with Crippen LogP contribution in [0.1, 0.15) is 31.2 Å². The second-order valence-electron chi connectivity index (χ2n) is 7.41. The molecule has 2 aromatic rings. The monoisotopic (exact) mass is 396 g/mol. The van der Waals surface area contributed by atoms with Crippen molar-refractivity contribution >= 4 is 23.2 Å². The molecule has 2 amide bonds. The number of methoxy groups -OCH3 is 2. The predicted octanol–water partition coefficient (Wildman–Crippen LogP) is 4.40. The highest BCUT2D eigenvalue weighted by Crippen LogP contribution is 2.33. The number of aryl methyl sites for hydroxylation is 1. The van der Waals surface area contributed by atoms with Crippen LogP contribution in [-0.2, 0) is 9.59 Å². The van der Waals surface area contributed by atoms with Gasteiger partial charge in [-0.1, -0.05) is 18.2 Å². The van der Waals surface area contributed by atoms with E-state index in [2.05, 4.69) is 10.6 Å². The Balaban J connectivity index is 1.54. The summed E-state index contributed by atoms with van der Waals surface area (Å²) in [6, 6.07) is 13.0. The molecule has 0 bridgehead atoms. The molecule has 1 aliphatic rings. The minimum absolute atomic E-state index is 0.0359. The summed E-state index contributed by atoms with van der Waals surface area (Å²) in [5, 5.41) is 5.98. The number of rotatable bonds is 6. The number of nitrogens with one attached hydrogen (secondary N) is 2. The molecule has 0 spiro atoms. The van der Waals surface area contributed by atoms with Gasteiger partial charge in [0.05, 0.1) is 19.9 Å². The summed E-state index contributed by atoms with van der Waals surface area (Å²) in [6.07, 6.45) is 2.79. The van der Waals surface area contributed by atoms with Crippen LogP contribution in [0.5, 0.6) is 11.5 Å². The lowest BCUT2D eigenvalue weighted by molar-refractivity contribution is -0.125. The van der Waals surface area contributed by atoms with Crippen molar-refractivity contribution in [1.29, 1.82) is 0 Å². The molecule has 2 aromatic carbocycles. The van der Waals surface area contributed by atoms with E-state index in [0.29, 0.717) is 42.9 Å². The fraction of sp³-hybridized carbons (Fsp3) is 0.391. The molecule has 154 valence electrons. The predicted molar refractivity (Wildman–Crippen MR) is 113 cm³/mol. The van der Waals surface area contributed by atoms with Gasteiger partial charge in [-0.3, -0.25) is 9.59 Å². The summed E-state index contributed by atoms with van der Waals surface area (Å²) in [5.41, 5.74) is 2.52. The Hall–Kier alpha value is -3.02. The third kappa shape index (κ3) is 5.08. The number of amides is 2. The zero-order chi connectivity index (χ0) is 20.8. The van der Waals surface area contributed by atoms with Gasteiger partial charge in [0, 0.05) is 23.6 Å². The summed E-state index contributed by atoms with van der Waals surface area (Å²) in [7, 11) is 3.14. The zero-order valence-corrected chi connectivity index (χ0v) is 17.2. The van der Waals surface area contributed by atoms with Gasteiger partial charge in [-0.15, -0.1) is 0 Å². The lowest BCUT2D eigenvalue weighted by Gasteiger charge is -2.27. The normalized spacial score (nSPS) is 18.6. The number of ether oxygens (including phenoxy) is 2. The molecule has 1 aliphatic carbocycles. The van der Waals surface area contributed by atoms with E-state index in [1.54, 1.807) is 32.4 Å². The molecule has 6 heteroatoms. The molecule has 0 unspecified atom stereocenters. The molecular formula is C23H28N2O4. The van der Waals surface area contributed by atoms with Crippen molar-refractivity contribution in [2.75, 3.05) is 24.9 Å². The summed E-state index contributed by atoms with van der Waals surface area (Å²) >= 11 is 0. The zero-order valence-electron chi connectivity index (χ0n) is 17.2. The van der Waals surface area contributed by atoms with Crippen LogP contribution >= 0.6 is 0 Å². The molecule has 1 saturated carbocycles. The first kappa shape index (κ1) is 20.7. The highest BCUT2D eigenvalue weighted by Gasteiger charge is 2.30. The van der Waals surface area contributed by atoms with E-state index in [-0.39, 0.29) is 23.7 Å². The van der Waals surface area contributed by atoms with E-state index in [0.717, 1.165) is 11.3 Å². The topological polar surface area (TPSA) is 76.7 Å². The summed E-state index contributed by atoms with van der Waals surface area (Å²) in [5.74, 6) is 1.06. The lowest BCUT2D eigenvalue weighted by Crippen LogP contribution is -2.32. The number of para-hydroxylation sites is 1. The van der Waals surface area contributed by atoms with Gasteiger partial charge in [-0.2, -0.15) is 0 Å². The van der Waals surface area contributed by atoms with Crippen LogP contribution in [-0.4, -0.2) is 26.0 Å². The van der Waals surface area contributed by atoms with E-state index in [9.17, 15) is 9.59 Å². The van der Waals surface area contributed by atoms with Crippen molar-refractivity contribution in [2.45, 2.75) is 32.6 Å². The van der Waals surface area contributed by atoms with Gasteiger partial charge in [0.25, 0.3) is 0 Å². The van der Waals surface area contributed by atoms with E-state index in [4.69, 9.17) is 9.47 Å². The number of carbonyl (C=O) groups is 2. The van der Waals surface area contributed by atoms with Gasteiger partial charge in [-0.25, -0.2) is 0 Å². The van der Waals surface area contributed by atoms with Crippen LogP contribution < -0.4 is 20.1 Å². The third-order valence-corrected chi connectivity index (χ3v) is 5.54. The number of anilines is 2. The highest BCUT2D eigenvalue weighted by molar-refractivity contribution is 5.95. The smallest absolute Gasteiger partial charge is 0.227 e. The molecule has 0 aliphatic heterocycles. The fourth-order valence-corrected chi connectivity index (χ4v) is 3.70. The van der Waals surface area contributed by atoms with Gasteiger partial charge >= 0.3 is 0 Å². The van der Waals surface area contributed by atoms with Crippen molar-refractivity contribution in [3.05, 3.63) is 48.0 Å². The minimum Gasteiger partial charge on any atom is -0.497 e. The number of carbonyl (C=O) groups excluding carboxylic acids is 2. The van der Waals surface area contributed by atoms with Crippen LogP contribution in [0, 0.1) is 18.8 Å². The van der Waals surface area contributed by atoms with Crippen molar-refractivity contribution in [3.63, 3.8) is 0 Å². The van der Waals surface area contributed by atoms with Crippen LogP contribution in [0.2, 0.25) is 0 Å². The maximum atomic E-state index is 12.7. The Bertz CT molecular complexity index is 873. The Morgan fingerprint density at radius 2 is 1.41 bits per heavy atom. The van der Waals surface area contributed by atoms with Crippen LogP contribution in [0.25, 0.3) is 0 Å². The fourth-order valence-electron chi connectivity index (χ4n) is 3.70. The molecule has 0 atom stereocenters. The average Bonchev–Trinajstić information content (AvgIpc) is 2.75. The quantitative estimate of drug-likeness (QED) is 0.759. The van der Waals surface area contributed by atoms with Crippen LogP contribution in [0.3, 0.4) is 0 Å². The Labute approximate surface area is 171 Å². The Morgan fingerprint density at radius 1 is 0.828 bits per heavy atom.